The zero-order valence-corrected chi connectivity index (χ0v) is 10.2. The minimum atomic E-state index is -0.211. The van der Waals surface area contributed by atoms with Crippen LogP contribution in [0.2, 0.25) is 5.02 Å². The molecule has 5 nitrogen and oxygen atoms in total. The fourth-order valence-corrected chi connectivity index (χ4v) is 1.83. The Bertz CT molecular complexity index is 387. The van der Waals surface area contributed by atoms with Crippen LogP contribution < -0.4 is 11.2 Å². The van der Waals surface area contributed by atoms with Gasteiger partial charge in [0.05, 0.1) is 5.02 Å². The van der Waals surface area contributed by atoms with E-state index in [1.165, 1.54) is 6.20 Å². The quantitative estimate of drug-likeness (QED) is 0.819. The molecule has 1 aromatic rings. The van der Waals surface area contributed by atoms with Gasteiger partial charge in [-0.2, -0.15) is 0 Å². The van der Waals surface area contributed by atoms with Crippen molar-refractivity contribution >= 4 is 17.5 Å². The number of halogens is 1. The summed E-state index contributed by atoms with van der Waals surface area (Å²) in [5.74, 6) is -0.211. The molecule has 0 saturated carbocycles. The maximum atomic E-state index is 11.8. The number of hydrogen-bond donors (Lipinski definition) is 2. The molecule has 1 aliphatic rings. The minimum absolute atomic E-state index is 0.211. The molecule has 6 heteroatoms. The van der Waals surface area contributed by atoms with Gasteiger partial charge in [-0.3, -0.25) is 10.2 Å². The van der Waals surface area contributed by atoms with Gasteiger partial charge in [-0.25, -0.2) is 9.99 Å². The van der Waals surface area contributed by atoms with Crippen LogP contribution >= 0.6 is 11.6 Å². The van der Waals surface area contributed by atoms with Gasteiger partial charge in [0.15, 0.2) is 0 Å². The molecule has 0 radical (unpaired) electrons. The van der Waals surface area contributed by atoms with E-state index in [-0.39, 0.29) is 11.9 Å². The van der Waals surface area contributed by atoms with Crippen LogP contribution in [0.15, 0.2) is 18.3 Å². The third-order valence-corrected chi connectivity index (χ3v) is 2.98. The fraction of sp³-hybridized carbons (Fsp3) is 0.455. The van der Waals surface area contributed by atoms with E-state index in [4.69, 9.17) is 17.3 Å². The molecule has 2 heterocycles. The van der Waals surface area contributed by atoms with Crippen LogP contribution in [-0.4, -0.2) is 35.0 Å². The van der Waals surface area contributed by atoms with Gasteiger partial charge in [0.1, 0.15) is 5.69 Å². The molecular formula is C11H15ClN4O. The predicted octanol–water partition coefficient (Wildman–Crippen LogP) is 0.803. The number of nitrogens with zero attached hydrogens (tertiary/aromatic N) is 2. The molecule has 1 aromatic heterocycles. The number of nitrogens with one attached hydrogen (secondary N) is 1. The zero-order chi connectivity index (χ0) is 12.3. The molecule has 2 rings (SSSR count). The van der Waals surface area contributed by atoms with Crippen LogP contribution in [0.25, 0.3) is 0 Å². The molecule has 0 aliphatic carbocycles. The van der Waals surface area contributed by atoms with Gasteiger partial charge in [0.25, 0.3) is 5.91 Å². The molecule has 92 valence electrons. The third-order valence-electron chi connectivity index (χ3n) is 2.76. The van der Waals surface area contributed by atoms with Gasteiger partial charge >= 0.3 is 0 Å². The van der Waals surface area contributed by atoms with Crippen molar-refractivity contribution in [2.24, 2.45) is 5.73 Å². The normalized spacial score (nSPS) is 18.0. The highest BCUT2D eigenvalue weighted by molar-refractivity contribution is 6.30. The summed E-state index contributed by atoms with van der Waals surface area (Å²) in [6, 6.07) is 3.50. The first kappa shape index (κ1) is 12.3. The Morgan fingerprint density at radius 2 is 2.18 bits per heavy atom. The topological polar surface area (TPSA) is 71.2 Å². The Labute approximate surface area is 105 Å². The smallest absolute Gasteiger partial charge is 0.284 e. The molecule has 1 aliphatic heterocycles. The second-order valence-electron chi connectivity index (χ2n) is 4.13. The van der Waals surface area contributed by atoms with Crippen LogP contribution in [0.3, 0.4) is 0 Å². The standard InChI is InChI=1S/C11H15ClN4O/c12-8-1-2-10(14-7-8)11(17)15-16-5-3-9(13)4-6-16/h1-2,7,9H,3-6,13H2,(H,15,17). The lowest BCUT2D eigenvalue weighted by atomic mass is 10.1. The van der Waals surface area contributed by atoms with Crippen molar-refractivity contribution in [3.05, 3.63) is 29.0 Å². The monoisotopic (exact) mass is 254 g/mol. The van der Waals surface area contributed by atoms with Crippen LogP contribution in [0.1, 0.15) is 23.3 Å². The van der Waals surface area contributed by atoms with Gasteiger partial charge in [-0.1, -0.05) is 11.6 Å². The van der Waals surface area contributed by atoms with Crippen LogP contribution in [0, 0.1) is 0 Å². The number of amides is 1. The number of carbonyl (C=O) groups is 1. The molecule has 0 unspecified atom stereocenters. The lowest BCUT2D eigenvalue weighted by molar-refractivity contribution is 0.0731. The van der Waals surface area contributed by atoms with Crippen molar-refractivity contribution in [1.82, 2.24) is 15.4 Å². The molecule has 0 spiro atoms. The number of pyridine rings is 1. The Hall–Kier alpha value is -1.17. The van der Waals surface area contributed by atoms with Gasteiger partial charge in [-0.05, 0) is 25.0 Å². The summed E-state index contributed by atoms with van der Waals surface area (Å²) in [6.45, 7) is 1.56. The summed E-state index contributed by atoms with van der Waals surface area (Å²) < 4.78 is 0. The summed E-state index contributed by atoms with van der Waals surface area (Å²) in [4.78, 5) is 15.8. The number of rotatable bonds is 2. The van der Waals surface area contributed by atoms with Crippen LogP contribution in [-0.2, 0) is 0 Å². The molecule has 3 N–H and O–H groups in total. The molecule has 17 heavy (non-hydrogen) atoms. The van der Waals surface area contributed by atoms with E-state index in [0.717, 1.165) is 25.9 Å². The summed E-state index contributed by atoms with van der Waals surface area (Å²) in [5, 5.41) is 2.40. The van der Waals surface area contributed by atoms with E-state index < -0.39 is 0 Å². The molecule has 0 atom stereocenters. The van der Waals surface area contributed by atoms with E-state index in [1.54, 1.807) is 12.1 Å². The maximum Gasteiger partial charge on any atom is 0.284 e. The number of hydrogen-bond acceptors (Lipinski definition) is 4. The molecule has 1 amide bonds. The number of nitrogens with two attached hydrogens (primary N) is 1. The lowest BCUT2D eigenvalue weighted by Crippen LogP contribution is -2.49. The van der Waals surface area contributed by atoms with Crippen molar-refractivity contribution in [2.75, 3.05) is 13.1 Å². The predicted molar refractivity (Wildman–Crippen MR) is 65.5 cm³/mol. The Morgan fingerprint density at radius 1 is 1.47 bits per heavy atom. The average molecular weight is 255 g/mol. The zero-order valence-electron chi connectivity index (χ0n) is 9.40. The summed E-state index contributed by atoms with van der Waals surface area (Å²) in [7, 11) is 0. The lowest BCUT2D eigenvalue weighted by Gasteiger charge is -2.29. The van der Waals surface area contributed by atoms with E-state index in [0.29, 0.717) is 10.7 Å². The summed E-state index contributed by atoms with van der Waals surface area (Å²) in [5.41, 5.74) is 8.96. The maximum absolute atomic E-state index is 11.8. The van der Waals surface area contributed by atoms with Gasteiger partial charge in [-0.15, -0.1) is 0 Å². The van der Waals surface area contributed by atoms with Gasteiger partial charge in [0, 0.05) is 25.3 Å². The summed E-state index contributed by atoms with van der Waals surface area (Å²) >= 11 is 5.71. The highest BCUT2D eigenvalue weighted by Gasteiger charge is 2.18. The third kappa shape index (κ3) is 3.39. The van der Waals surface area contributed by atoms with E-state index in [2.05, 4.69) is 10.4 Å². The second kappa shape index (κ2) is 5.44. The first-order valence-corrected chi connectivity index (χ1v) is 5.96. The molecule has 1 saturated heterocycles. The van der Waals surface area contributed by atoms with E-state index in [1.807, 2.05) is 5.01 Å². The number of carbonyl (C=O) groups excluding carboxylic acids is 1. The van der Waals surface area contributed by atoms with Crippen molar-refractivity contribution in [1.29, 1.82) is 0 Å². The first-order valence-electron chi connectivity index (χ1n) is 5.58. The van der Waals surface area contributed by atoms with Crippen molar-refractivity contribution in [3.63, 3.8) is 0 Å². The molecule has 0 bridgehead atoms. The average Bonchev–Trinajstić information content (AvgIpc) is 2.33. The molecule has 1 fully saturated rings. The second-order valence-corrected chi connectivity index (χ2v) is 4.56. The number of piperidine rings is 1. The van der Waals surface area contributed by atoms with E-state index >= 15 is 0 Å². The largest absolute Gasteiger partial charge is 0.328 e. The van der Waals surface area contributed by atoms with Crippen molar-refractivity contribution in [3.8, 4) is 0 Å². The Kier molecular flexibility index (Phi) is 3.93. The van der Waals surface area contributed by atoms with Crippen molar-refractivity contribution in [2.45, 2.75) is 18.9 Å². The Balaban J connectivity index is 1.91. The van der Waals surface area contributed by atoms with Gasteiger partial charge < -0.3 is 5.73 Å². The SMILES string of the molecule is NC1CCN(NC(=O)c2ccc(Cl)cn2)CC1. The number of hydrazine groups is 1. The highest BCUT2D eigenvalue weighted by atomic mass is 35.5. The van der Waals surface area contributed by atoms with Crippen molar-refractivity contribution < 1.29 is 4.79 Å². The van der Waals surface area contributed by atoms with Crippen LogP contribution in [0.5, 0.6) is 0 Å². The summed E-state index contributed by atoms with van der Waals surface area (Å²) in [6.07, 6.45) is 3.26. The minimum Gasteiger partial charge on any atom is -0.328 e. The number of aromatic nitrogens is 1. The fourth-order valence-electron chi connectivity index (χ4n) is 1.72. The van der Waals surface area contributed by atoms with E-state index in [9.17, 15) is 4.79 Å². The Morgan fingerprint density at radius 3 is 2.76 bits per heavy atom. The van der Waals surface area contributed by atoms with Gasteiger partial charge in [0.2, 0.25) is 0 Å². The molecule has 0 aromatic carbocycles. The van der Waals surface area contributed by atoms with Crippen LogP contribution in [0.4, 0.5) is 0 Å². The first-order chi connectivity index (χ1) is 8.15. The highest BCUT2D eigenvalue weighted by Crippen LogP contribution is 2.08. The molecular weight excluding hydrogens is 240 g/mol.